The van der Waals surface area contributed by atoms with E-state index >= 15 is 0 Å². The lowest BCUT2D eigenvalue weighted by Crippen LogP contribution is -2.36. The smallest absolute Gasteiger partial charge is 0.271 e. The molecule has 0 radical (unpaired) electrons. The van der Waals surface area contributed by atoms with Crippen molar-refractivity contribution in [3.63, 3.8) is 0 Å². The summed E-state index contributed by atoms with van der Waals surface area (Å²) in [4.78, 5) is 13.4. The minimum atomic E-state index is -4.12. The number of anilines is 1. The Kier molecular flexibility index (Phi) is 8.29. The number of aryl methyl sites for hydroxylation is 2. The van der Waals surface area contributed by atoms with Crippen LogP contribution < -0.4 is 9.04 Å². The molecular formula is C28H31NO4S. The molecule has 0 saturated carbocycles. The highest BCUT2D eigenvalue weighted by atomic mass is 32.2. The van der Waals surface area contributed by atoms with Gasteiger partial charge in [0.25, 0.3) is 15.9 Å². The summed E-state index contributed by atoms with van der Waals surface area (Å²) in [7, 11) is -4.12. The van der Waals surface area contributed by atoms with Crippen LogP contribution >= 0.6 is 0 Å². The summed E-state index contributed by atoms with van der Waals surface area (Å²) >= 11 is 0. The van der Waals surface area contributed by atoms with Crippen LogP contribution in [0.2, 0.25) is 0 Å². The SMILES string of the molecule is CCCCOc1ccc(/C=C/C(=O)N(c2cccc(C)c2C)S(=O)(=O)c2ccc(C)cc2)cc1. The van der Waals surface area contributed by atoms with Crippen LogP contribution in [0.15, 0.2) is 77.7 Å². The molecule has 1 amide bonds. The maximum absolute atomic E-state index is 13.6. The van der Waals surface area contributed by atoms with Gasteiger partial charge in [0, 0.05) is 6.08 Å². The van der Waals surface area contributed by atoms with Crippen LogP contribution in [-0.4, -0.2) is 20.9 Å². The minimum Gasteiger partial charge on any atom is -0.494 e. The van der Waals surface area contributed by atoms with Crippen molar-refractivity contribution >= 4 is 27.7 Å². The molecule has 0 fully saturated rings. The molecule has 5 nitrogen and oxygen atoms in total. The Morgan fingerprint density at radius 2 is 1.62 bits per heavy atom. The van der Waals surface area contributed by atoms with Gasteiger partial charge in [0.1, 0.15) is 5.75 Å². The molecule has 0 aliphatic heterocycles. The third-order valence-corrected chi connectivity index (χ3v) is 7.34. The molecule has 0 aliphatic rings. The number of carbonyl (C=O) groups excluding carboxylic acids is 1. The average Bonchev–Trinajstić information content (AvgIpc) is 2.82. The standard InChI is InChI=1S/C28H31NO4S/c1-5-6-20-33-25-15-12-24(13-16-25)14-19-28(30)29(27-9-7-8-22(3)23(27)4)34(31,32)26-17-10-21(2)11-18-26/h7-19H,5-6,20H2,1-4H3/b19-14+. The topological polar surface area (TPSA) is 63.7 Å². The van der Waals surface area contributed by atoms with Gasteiger partial charge in [0.15, 0.2) is 0 Å². The zero-order valence-electron chi connectivity index (χ0n) is 20.1. The lowest BCUT2D eigenvalue weighted by atomic mass is 10.1. The van der Waals surface area contributed by atoms with Crippen LogP contribution in [0.5, 0.6) is 5.75 Å². The van der Waals surface area contributed by atoms with Crippen molar-refractivity contribution in [1.29, 1.82) is 0 Å². The van der Waals surface area contributed by atoms with Gasteiger partial charge in [0.2, 0.25) is 0 Å². The molecule has 0 N–H and O–H groups in total. The summed E-state index contributed by atoms with van der Waals surface area (Å²) < 4.78 is 33.7. The Morgan fingerprint density at radius 3 is 2.26 bits per heavy atom. The van der Waals surface area contributed by atoms with E-state index in [-0.39, 0.29) is 4.90 Å². The van der Waals surface area contributed by atoms with Crippen LogP contribution in [0.25, 0.3) is 6.08 Å². The molecule has 3 rings (SSSR count). The number of hydrogen-bond acceptors (Lipinski definition) is 4. The van der Waals surface area contributed by atoms with E-state index in [1.54, 1.807) is 30.3 Å². The molecule has 3 aromatic rings. The lowest BCUT2D eigenvalue weighted by Gasteiger charge is -2.24. The summed E-state index contributed by atoms with van der Waals surface area (Å²) in [5, 5.41) is 0. The Hall–Kier alpha value is -3.38. The molecule has 178 valence electrons. The highest BCUT2D eigenvalue weighted by Crippen LogP contribution is 2.29. The number of ether oxygens (including phenoxy) is 1. The number of sulfonamides is 1. The van der Waals surface area contributed by atoms with Crippen molar-refractivity contribution in [2.24, 2.45) is 0 Å². The molecule has 3 aromatic carbocycles. The predicted octanol–water partition coefficient (Wildman–Crippen LogP) is 6.23. The van der Waals surface area contributed by atoms with E-state index in [4.69, 9.17) is 4.74 Å². The Labute approximate surface area is 202 Å². The number of carbonyl (C=O) groups is 1. The highest BCUT2D eigenvalue weighted by molar-refractivity contribution is 7.93. The van der Waals surface area contributed by atoms with Gasteiger partial charge in [-0.25, -0.2) is 8.42 Å². The Morgan fingerprint density at radius 1 is 0.941 bits per heavy atom. The van der Waals surface area contributed by atoms with Crippen molar-refractivity contribution in [1.82, 2.24) is 0 Å². The maximum atomic E-state index is 13.6. The molecule has 0 atom stereocenters. The van der Waals surface area contributed by atoms with Gasteiger partial charge in [-0.3, -0.25) is 4.79 Å². The van der Waals surface area contributed by atoms with Crippen molar-refractivity contribution in [3.8, 4) is 5.75 Å². The molecule has 0 aliphatic carbocycles. The minimum absolute atomic E-state index is 0.0642. The number of benzene rings is 3. The van der Waals surface area contributed by atoms with E-state index in [0.29, 0.717) is 12.3 Å². The first-order valence-corrected chi connectivity index (χ1v) is 12.8. The monoisotopic (exact) mass is 477 g/mol. The largest absolute Gasteiger partial charge is 0.494 e. The molecule has 0 saturated heterocycles. The van der Waals surface area contributed by atoms with Crippen molar-refractivity contribution < 1.29 is 17.9 Å². The van der Waals surface area contributed by atoms with E-state index in [1.165, 1.54) is 18.2 Å². The number of nitrogens with zero attached hydrogens (tertiary/aromatic N) is 1. The summed E-state index contributed by atoms with van der Waals surface area (Å²) in [6.45, 7) is 8.35. The first kappa shape index (κ1) is 25.2. The second-order valence-corrected chi connectivity index (χ2v) is 10.0. The van der Waals surface area contributed by atoms with Crippen LogP contribution in [0.3, 0.4) is 0 Å². The summed E-state index contributed by atoms with van der Waals surface area (Å²) in [5.74, 6) is 0.119. The fourth-order valence-electron chi connectivity index (χ4n) is 3.38. The second-order valence-electron chi connectivity index (χ2n) is 8.24. The van der Waals surface area contributed by atoms with Gasteiger partial charge in [0.05, 0.1) is 17.2 Å². The number of rotatable bonds is 9. The maximum Gasteiger partial charge on any atom is 0.271 e. The molecular weight excluding hydrogens is 446 g/mol. The highest BCUT2D eigenvalue weighted by Gasteiger charge is 2.31. The van der Waals surface area contributed by atoms with Gasteiger partial charge < -0.3 is 4.74 Å². The molecule has 6 heteroatoms. The van der Waals surface area contributed by atoms with Gasteiger partial charge in [-0.2, -0.15) is 4.31 Å². The lowest BCUT2D eigenvalue weighted by molar-refractivity contribution is -0.113. The summed E-state index contributed by atoms with van der Waals surface area (Å²) in [6, 6.07) is 19.1. The van der Waals surface area contributed by atoms with Crippen molar-refractivity contribution in [3.05, 3.63) is 95.1 Å². The molecule has 0 bridgehead atoms. The summed E-state index contributed by atoms with van der Waals surface area (Å²) in [6.07, 6.45) is 4.95. The van der Waals surface area contributed by atoms with Crippen molar-refractivity contribution in [2.45, 2.75) is 45.4 Å². The zero-order chi connectivity index (χ0) is 24.7. The summed E-state index contributed by atoms with van der Waals surface area (Å²) in [5.41, 5.74) is 3.68. The van der Waals surface area contributed by atoms with Crippen LogP contribution in [-0.2, 0) is 14.8 Å². The average molecular weight is 478 g/mol. The number of amides is 1. The van der Waals surface area contributed by atoms with Crippen LogP contribution in [0, 0.1) is 20.8 Å². The fraction of sp³-hybridized carbons (Fsp3) is 0.250. The van der Waals surface area contributed by atoms with Gasteiger partial charge in [-0.05, 0) is 80.3 Å². The first-order valence-electron chi connectivity index (χ1n) is 11.4. The Bertz CT molecular complexity index is 1260. The third-order valence-electron chi connectivity index (χ3n) is 5.62. The zero-order valence-corrected chi connectivity index (χ0v) is 20.9. The van der Waals surface area contributed by atoms with E-state index < -0.39 is 15.9 Å². The molecule has 0 spiro atoms. The third kappa shape index (κ3) is 5.94. The quantitative estimate of drug-likeness (QED) is 0.271. The predicted molar refractivity (Wildman–Crippen MR) is 138 cm³/mol. The normalized spacial score (nSPS) is 11.5. The fourth-order valence-corrected chi connectivity index (χ4v) is 4.83. The van der Waals surface area contributed by atoms with Gasteiger partial charge >= 0.3 is 0 Å². The van der Waals surface area contributed by atoms with Crippen LogP contribution in [0.1, 0.15) is 42.0 Å². The number of hydrogen-bond donors (Lipinski definition) is 0. The molecule has 34 heavy (non-hydrogen) atoms. The van der Waals surface area contributed by atoms with Gasteiger partial charge in [-0.1, -0.05) is 55.3 Å². The van der Waals surface area contributed by atoms with E-state index in [1.807, 2.05) is 51.1 Å². The van der Waals surface area contributed by atoms with Crippen molar-refractivity contribution in [2.75, 3.05) is 10.9 Å². The van der Waals surface area contributed by atoms with E-state index in [0.717, 1.165) is 45.2 Å². The van der Waals surface area contributed by atoms with E-state index in [9.17, 15) is 13.2 Å². The molecule has 0 aromatic heterocycles. The van der Waals surface area contributed by atoms with Gasteiger partial charge in [-0.15, -0.1) is 0 Å². The van der Waals surface area contributed by atoms with Crippen LogP contribution in [0.4, 0.5) is 5.69 Å². The van der Waals surface area contributed by atoms with E-state index in [2.05, 4.69) is 6.92 Å². The Balaban J connectivity index is 1.94. The molecule has 0 heterocycles. The second kappa shape index (κ2) is 11.2. The number of unbranched alkanes of at least 4 members (excludes halogenated alkanes) is 1. The molecule has 0 unspecified atom stereocenters. The first-order chi connectivity index (χ1) is 16.2.